The highest BCUT2D eigenvalue weighted by atomic mass is 16.3. The number of furan rings is 1. The third-order valence-electron chi connectivity index (χ3n) is 8.81. The summed E-state index contributed by atoms with van der Waals surface area (Å²) >= 11 is 0. The zero-order chi connectivity index (χ0) is 29.2. The number of benzene rings is 8. The fraction of sp³-hybridized carbons (Fsp3) is 0. The lowest BCUT2D eigenvalue weighted by Gasteiger charge is -2.29. The monoisotopic (exact) mass is 560 g/mol. The molecule has 0 radical (unpaired) electrons. The molecule has 3 nitrogen and oxygen atoms in total. The molecule has 0 aliphatic rings. The molecule has 0 N–H and O–H groups in total. The van der Waals surface area contributed by atoms with Crippen molar-refractivity contribution in [1.29, 1.82) is 5.26 Å². The molecular formula is C41H24N2O. The first-order valence-electron chi connectivity index (χ1n) is 14.7. The van der Waals surface area contributed by atoms with Gasteiger partial charge in [-0.25, -0.2) is 0 Å². The van der Waals surface area contributed by atoms with Gasteiger partial charge < -0.3 is 9.32 Å². The lowest BCUT2D eigenvalue weighted by Crippen LogP contribution is -2.11. The van der Waals surface area contributed by atoms with Crippen LogP contribution in [0.25, 0.3) is 65.0 Å². The topological polar surface area (TPSA) is 40.2 Å². The van der Waals surface area contributed by atoms with Crippen LogP contribution < -0.4 is 4.90 Å². The second-order valence-corrected chi connectivity index (χ2v) is 11.3. The molecule has 0 saturated heterocycles. The molecule has 9 aromatic rings. The molecule has 9 rings (SSSR count). The summed E-state index contributed by atoms with van der Waals surface area (Å²) in [7, 11) is 0. The van der Waals surface area contributed by atoms with Crippen LogP contribution in [-0.2, 0) is 0 Å². The molecule has 44 heavy (non-hydrogen) atoms. The first-order chi connectivity index (χ1) is 21.8. The molecule has 0 aliphatic carbocycles. The standard InChI is InChI=1S/C41H24N2O/c42-25-26-17-19-40-36(21-26)37-24-29(18-20-41(37)44-40)43(38-22-27-9-1-3-11-30(27)32-13-5-7-15-34(32)38)39-23-28-10-2-4-12-31(28)33-14-6-8-16-35(33)39/h1-24H. The summed E-state index contributed by atoms with van der Waals surface area (Å²) in [6, 6.07) is 53.5. The number of anilines is 3. The summed E-state index contributed by atoms with van der Waals surface area (Å²) in [5.74, 6) is 0. The number of nitriles is 1. The molecule has 3 heteroatoms. The van der Waals surface area contributed by atoms with E-state index in [1.165, 1.54) is 43.1 Å². The Balaban J connectivity index is 1.43. The van der Waals surface area contributed by atoms with E-state index in [0.29, 0.717) is 5.56 Å². The minimum Gasteiger partial charge on any atom is -0.456 e. The van der Waals surface area contributed by atoms with E-state index in [-0.39, 0.29) is 0 Å². The van der Waals surface area contributed by atoms with E-state index in [2.05, 4.69) is 138 Å². The van der Waals surface area contributed by atoms with Crippen molar-refractivity contribution in [2.24, 2.45) is 0 Å². The quantitative estimate of drug-likeness (QED) is 0.202. The number of nitrogens with zero attached hydrogens (tertiary/aromatic N) is 2. The van der Waals surface area contributed by atoms with Crippen LogP contribution in [0, 0.1) is 11.3 Å². The Bertz CT molecular complexity index is 2520. The van der Waals surface area contributed by atoms with Crippen molar-refractivity contribution in [3.63, 3.8) is 0 Å². The first-order valence-corrected chi connectivity index (χ1v) is 14.7. The van der Waals surface area contributed by atoms with Gasteiger partial charge in [0.15, 0.2) is 0 Å². The molecular weight excluding hydrogens is 536 g/mol. The van der Waals surface area contributed by atoms with E-state index in [9.17, 15) is 5.26 Å². The van der Waals surface area contributed by atoms with Crippen LogP contribution in [0.3, 0.4) is 0 Å². The SMILES string of the molecule is N#Cc1ccc2oc3ccc(N(c4cc5ccccc5c5ccccc45)c4cc5ccccc5c5ccccc45)cc3c2c1. The highest BCUT2D eigenvalue weighted by molar-refractivity contribution is 6.19. The van der Waals surface area contributed by atoms with Crippen LogP contribution >= 0.6 is 0 Å². The average Bonchev–Trinajstić information content (AvgIpc) is 3.45. The van der Waals surface area contributed by atoms with Crippen molar-refractivity contribution in [2.75, 3.05) is 4.90 Å². The second-order valence-electron chi connectivity index (χ2n) is 11.3. The van der Waals surface area contributed by atoms with E-state index in [1.807, 2.05) is 12.1 Å². The minimum absolute atomic E-state index is 0.614. The van der Waals surface area contributed by atoms with Crippen molar-refractivity contribution in [3.05, 3.63) is 151 Å². The second kappa shape index (κ2) is 9.46. The summed E-state index contributed by atoms with van der Waals surface area (Å²) in [6.45, 7) is 0. The molecule has 8 aromatic carbocycles. The number of hydrogen-bond donors (Lipinski definition) is 0. The van der Waals surface area contributed by atoms with E-state index >= 15 is 0 Å². The Morgan fingerprint density at radius 2 is 0.909 bits per heavy atom. The fourth-order valence-corrected chi connectivity index (χ4v) is 6.82. The van der Waals surface area contributed by atoms with Crippen molar-refractivity contribution in [2.45, 2.75) is 0 Å². The molecule has 0 bridgehead atoms. The largest absolute Gasteiger partial charge is 0.456 e. The van der Waals surface area contributed by atoms with Crippen molar-refractivity contribution in [1.82, 2.24) is 0 Å². The summed E-state index contributed by atoms with van der Waals surface area (Å²) in [6.07, 6.45) is 0. The molecule has 0 aliphatic heterocycles. The number of rotatable bonds is 3. The molecule has 0 fully saturated rings. The van der Waals surface area contributed by atoms with Gasteiger partial charge >= 0.3 is 0 Å². The molecule has 0 saturated carbocycles. The van der Waals surface area contributed by atoms with E-state index < -0.39 is 0 Å². The van der Waals surface area contributed by atoms with Gasteiger partial charge in [-0.3, -0.25) is 0 Å². The zero-order valence-electron chi connectivity index (χ0n) is 23.7. The Morgan fingerprint density at radius 3 is 1.48 bits per heavy atom. The van der Waals surface area contributed by atoms with Gasteiger partial charge in [-0.1, -0.05) is 97.1 Å². The van der Waals surface area contributed by atoms with Gasteiger partial charge in [-0.15, -0.1) is 0 Å². The summed E-state index contributed by atoms with van der Waals surface area (Å²) < 4.78 is 6.23. The third-order valence-corrected chi connectivity index (χ3v) is 8.81. The maximum absolute atomic E-state index is 9.63. The van der Waals surface area contributed by atoms with Crippen LogP contribution in [0.15, 0.2) is 150 Å². The highest BCUT2D eigenvalue weighted by Crippen LogP contribution is 2.47. The van der Waals surface area contributed by atoms with Crippen LogP contribution in [0.5, 0.6) is 0 Å². The van der Waals surface area contributed by atoms with Crippen molar-refractivity contribution < 1.29 is 4.42 Å². The van der Waals surface area contributed by atoms with E-state index in [0.717, 1.165) is 39.0 Å². The normalized spacial score (nSPS) is 11.6. The van der Waals surface area contributed by atoms with Gasteiger partial charge in [0.05, 0.1) is 23.0 Å². The molecule has 1 heterocycles. The highest BCUT2D eigenvalue weighted by Gasteiger charge is 2.21. The molecule has 0 unspecified atom stereocenters. The van der Waals surface area contributed by atoms with Crippen LogP contribution in [0.4, 0.5) is 17.1 Å². The van der Waals surface area contributed by atoms with Gasteiger partial charge in [-0.05, 0) is 80.8 Å². The lowest BCUT2D eigenvalue weighted by molar-refractivity contribution is 0.669. The van der Waals surface area contributed by atoms with Crippen molar-refractivity contribution >= 4 is 82.1 Å². The first kappa shape index (κ1) is 24.5. The maximum Gasteiger partial charge on any atom is 0.135 e. The Kier molecular flexibility index (Phi) is 5.26. The van der Waals surface area contributed by atoms with Gasteiger partial charge in [0.2, 0.25) is 0 Å². The predicted molar refractivity (Wildman–Crippen MR) is 183 cm³/mol. The summed E-state index contributed by atoms with van der Waals surface area (Å²) in [4.78, 5) is 2.40. The van der Waals surface area contributed by atoms with Crippen LogP contribution in [0.2, 0.25) is 0 Å². The Labute approximate surface area is 253 Å². The third kappa shape index (κ3) is 3.62. The van der Waals surface area contributed by atoms with Gasteiger partial charge in [0.25, 0.3) is 0 Å². The molecule has 1 aromatic heterocycles. The van der Waals surface area contributed by atoms with E-state index in [4.69, 9.17) is 4.42 Å². The summed E-state index contributed by atoms with van der Waals surface area (Å²) in [5.41, 5.74) is 5.40. The van der Waals surface area contributed by atoms with Crippen LogP contribution in [-0.4, -0.2) is 0 Å². The minimum atomic E-state index is 0.614. The molecule has 0 spiro atoms. The smallest absolute Gasteiger partial charge is 0.135 e. The maximum atomic E-state index is 9.63. The van der Waals surface area contributed by atoms with E-state index in [1.54, 1.807) is 6.07 Å². The number of fused-ring (bicyclic) bond motifs is 9. The van der Waals surface area contributed by atoms with Gasteiger partial charge in [-0.2, -0.15) is 5.26 Å². The van der Waals surface area contributed by atoms with Crippen LogP contribution in [0.1, 0.15) is 5.56 Å². The Hall–Kier alpha value is -6.11. The molecule has 204 valence electrons. The summed E-state index contributed by atoms with van der Waals surface area (Å²) in [5, 5.41) is 21.2. The zero-order valence-corrected chi connectivity index (χ0v) is 23.7. The predicted octanol–water partition coefficient (Wildman–Crippen LogP) is 11.5. The average molecular weight is 561 g/mol. The lowest BCUT2D eigenvalue weighted by atomic mass is 9.96. The molecule has 0 atom stereocenters. The fourth-order valence-electron chi connectivity index (χ4n) is 6.82. The van der Waals surface area contributed by atoms with Gasteiger partial charge in [0, 0.05) is 27.2 Å². The molecule has 0 amide bonds. The van der Waals surface area contributed by atoms with Gasteiger partial charge in [0.1, 0.15) is 11.2 Å². The van der Waals surface area contributed by atoms with Crippen molar-refractivity contribution in [3.8, 4) is 6.07 Å². The number of hydrogen-bond acceptors (Lipinski definition) is 3. The Morgan fingerprint density at radius 1 is 0.432 bits per heavy atom.